The number of hydrogen-bond donors (Lipinski definition) is 1. The van der Waals surface area contributed by atoms with E-state index in [-0.39, 0.29) is 5.91 Å². The summed E-state index contributed by atoms with van der Waals surface area (Å²) >= 11 is 0. The van der Waals surface area contributed by atoms with Gasteiger partial charge in [-0.15, -0.1) is 0 Å². The van der Waals surface area contributed by atoms with E-state index < -0.39 is 0 Å². The molecule has 2 aromatic rings. The van der Waals surface area contributed by atoms with Crippen LogP contribution in [-0.4, -0.2) is 50.1 Å². The summed E-state index contributed by atoms with van der Waals surface area (Å²) in [4.78, 5) is 16.7. The van der Waals surface area contributed by atoms with Gasteiger partial charge in [0.25, 0.3) is 0 Å². The van der Waals surface area contributed by atoms with E-state index in [4.69, 9.17) is 0 Å². The SMILES string of the molecule is O=C(CN1CCN(c2ccccc2)CC1)NCCc1ccccc1. The van der Waals surface area contributed by atoms with E-state index in [1.54, 1.807) is 0 Å². The second-order valence-corrected chi connectivity index (χ2v) is 6.18. The molecule has 3 rings (SSSR count). The van der Waals surface area contributed by atoms with E-state index in [2.05, 4.69) is 51.5 Å². The lowest BCUT2D eigenvalue weighted by molar-refractivity contribution is -0.122. The van der Waals surface area contributed by atoms with E-state index >= 15 is 0 Å². The molecule has 1 saturated heterocycles. The molecule has 1 aliphatic rings. The van der Waals surface area contributed by atoms with Crippen LogP contribution in [0.2, 0.25) is 0 Å². The van der Waals surface area contributed by atoms with Crippen molar-refractivity contribution in [1.29, 1.82) is 0 Å². The summed E-state index contributed by atoms with van der Waals surface area (Å²) in [6.07, 6.45) is 0.883. The molecular weight excluding hydrogens is 298 g/mol. The molecule has 0 spiro atoms. The molecule has 0 aromatic heterocycles. The molecule has 0 unspecified atom stereocenters. The third-order valence-electron chi connectivity index (χ3n) is 4.44. The fourth-order valence-electron chi connectivity index (χ4n) is 3.05. The molecule has 0 bridgehead atoms. The number of nitrogens with one attached hydrogen (secondary N) is 1. The number of nitrogens with zero attached hydrogens (tertiary/aromatic N) is 2. The standard InChI is InChI=1S/C20H25N3O/c24-20(21-12-11-18-7-3-1-4-8-18)17-22-13-15-23(16-14-22)19-9-5-2-6-10-19/h1-10H,11-17H2,(H,21,24). The van der Waals surface area contributed by atoms with Gasteiger partial charge in [0.05, 0.1) is 6.54 Å². The Morgan fingerprint density at radius 3 is 2.17 bits per heavy atom. The number of para-hydroxylation sites is 1. The van der Waals surface area contributed by atoms with Gasteiger partial charge in [0.2, 0.25) is 5.91 Å². The molecule has 126 valence electrons. The van der Waals surface area contributed by atoms with Gasteiger partial charge >= 0.3 is 0 Å². The van der Waals surface area contributed by atoms with Crippen LogP contribution in [0.25, 0.3) is 0 Å². The summed E-state index contributed by atoms with van der Waals surface area (Å²) < 4.78 is 0. The third-order valence-corrected chi connectivity index (χ3v) is 4.44. The van der Waals surface area contributed by atoms with E-state index in [9.17, 15) is 4.79 Å². The van der Waals surface area contributed by atoms with Gasteiger partial charge in [0.15, 0.2) is 0 Å². The number of benzene rings is 2. The summed E-state index contributed by atoms with van der Waals surface area (Å²) in [6, 6.07) is 20.7. The van der Waals surface area contributed by atoms with Gasteiger partial charge < -0.3 is 10.2 Å². The smallest absolute Gasteiger partial charge is 0.234 e. The second kappa shape index (κ2) is 8.50. The van der Waals surface area contributed by atoms with Crippen molar-refractivity contribution >= 4 is 11.6 Å². The van der Waals surface area contributed by atoms with Gasteiger partial charge in [0.1, 0.15) is 0 Å². The Balaban J connectivity index is 1.36. The van der Waals surface area contributed by atoms with E-state index in [1.807, 2.05) is 24.3 Å². The maximum absolute atomic E-state index is 12.1. The summed E-state index contributed by atoms with van der Waals surface area (Å²) in [5.74, 6) is 0.124. The molecule has 0 radical (unpaired) electrons. The van der Waals surface area contributed by atoms with Gasteiger partial charge in [-0.2, -0.15) is 0 Å². The molecule has 1 heterocycles. The Hall–Kier alpha value is -2.33. The van der Waals surface area contributed by atoms with Crippen molar-refractivity contribution < 1.29 is 4.79 Å². The largest absolute Gasteiger partial charge is 0.369 e. The Kier molecular flexibility index (Phi) is 5.85. The van der Waals surface area contributed by atoms with Gasteiger partial charge in [-0.25, -0.2) is 0 Å². The lowest BCUT2D eigenvalue weighted by atomic mass is 10.1. The molecular formula is C20H25N3O. The van der Waals surface area contributed by atoms with Crippen LogP contribution in [0.3, 0.4) is 0 Å². The number of anilines is 1. The lowest BCUT2D eigenvalue weighted by Gasteiger charge is -2.35. The van der Waals surface area contributed by atoms with Crippen LogP contribution in [0.15, 0.2) is 60.7 Å². The fourth-order valence-corrected chi connectivity index (χ4v) is 3.05. The monoisotopic (exact) mass is 323 g/mol. The Morgan fingerprint density at radius 2 is 1.50 bits per heavy atom. The summed E-state index contributed by atoms with van der Waals surface area (Å²) in [7, 11) is 0. The highest BCUT2D eigenvalue weighted by Gasteiger charge is 2.18. The summed E-state index contributed by atoms with van der Waals surface area (Å²) in [5, 5.41) is 3.03. The minimum atomic E-state index is 0.124. The zero-order valence-corrected chi connectivity index (χ0v) is 14.0. The van der Waals surface area contributed by atoms with Crippen molar-refractivity contribution in [2.24, 2.45) is 0 Å². The predicted octanol–water partition coefficient (Wildman–Crippen LogP) is 2.17. The van der Waals surface area contributed by atoms with E-state index in [1.165, 1.54) is 11.3 Å². The second-order valence-electron chi connectivity index (χ2n) is 6.18. The first-order valence-corrected chi connectivity index (χ1v) is 8.64. The normalized spacial score (nSPS) is 15.2. The Bertz CT molecular complexity index is 622. The van der Waals surface area contributed by atoms with Crippen molar-refractivity contribution in [2.75, 3.05) is 44.2 Å². The maximum Gasteiger partial charge on any atom is 0.234 e. The number of piperazine rings is 1. The zero-order valence-electron chi connectivity index (χ0n) is 14.0. The molecule has 1 aliphatic heterocycles. The molecule has 2 aromatic carbocycles. The number of carbonyl (C=O) groups is 1. The van der Waals surface area contributed by atoms with Crippen LogP contribution in [-0.2, 0) is 11.2 Å². The predicted molar refractivity (Wildman–Crippen MR) is 98.3 cm³/mol. The molecule has 0 saturated carbocycles. The molecule has 4 nitrogen and oxygen atoms in total. The highest BCUT2D eigenvalue weighted by Crippen LogP contribution is 2.15. The van der Waals surface area contributed by atoms with Crippen LogP contribution in [0, 0.1) is 0 Å². The van der Waals surface area contributed by atoms with Gasteiger partial charge in [-0.05, 0) is 24.1 Å². The minimum absolute atomic E-state index is 0.124. The topological polar surface area (TPSA) is 35.6 Å². The Labute approximate surface area is 144 Å². The van der Waals surface area contributed by atoms with Crippen molar-refractivity contribution in [3.8, 4) is 0 Å². The molecule has 0 aliphatic carbocycles. The first-order chi connectivity index (χ1) is 11.8. The molecule has 1 amide bonds. The van der Waals surface area contributed by atoms with Crippen LogP contribution < -0.4 is 10.2 Å². The highest BCUT2D eigenvalue weighted by atomic mass is 16.2. The highest BCUT2D eigenvalue weighted by molar-refractivity contribution is 5.78. The molecule has 24 heavy (non-hydrogen) atoms. The lowest BCUT2D eigenvalue weighted by Crippen LogP contribution is -2.49. The molecule has 4 heteroatoms. The Morgan fingerprint density at radius 1 is 0.875 bits per heavy atom. The molecule has 1 N–H and O–H groups in total. The van der Waals surface area contributed by atoms with Gasteiger partial charge in [0, 0.05) is 38.4 Å². The van der Waals surface area contributed by atoms with E-state index in [0.717, 1.165) is 32.6 Å². The van der Waals surface area contributed by atoms with Crippen LogP contribution in [0.4, 0.5) is 5.69 Å². The van der Waals surface area contributed by atoms with Crippen LogP contribution in [0.1, 0.15) is 5.56 Å². The number of hydrogen-bond acceptors (Lipinski definition) is 3. The summed E-state index contributed by atoms with van der Waals surface area (Å²) in [6.45, 7) is 5.01. The van der Waals surface area contributed by atoms with Crippen LogP contribution in [0.5, 0.6) is 0 Å². The quantitative estimate of drug-likeness (QED) is 0.885. The average molecular weight is 323 g/mol. The summed E-state index contributed by atoms with van der Waals surface area (Å²) in [5.41, 5.74) is 2.53. The minimum Gasteiger partial charge on any atom is -0.369 e. The van der Waals surface area contributed by atoms with Crippen molar-refractivity contribution in [2.45, 2.75) is 6.42 Å². The van der Waals surface area contributed by atoms with Crippen LogP contribution >= 0.6 is 0 Å². The van der Waals surface area contributed by atoms with Crippen molar-refractivity contribution in [3.63, 3.8) is 0 Å². The third kappa shape index (κ3) is 4.83. The van der Waals surface area contributed by atoms with Gasteiger partial charge in [-0.3, -0.25) is 9.69 Å². The molecule has 0 atom stereocenters. The fraction of sp³-hybridized carbons (Fsp3) is 0.350. The van der Waals surface area contributed by atoms with E-state index in [0.29, 0.717) is 13.1 Å². The number of carbonyl (C=O) groups excluding carboxylic acids is 1. The zero-order chi connectivity index (χ0) is 16.6. The van der Waals surface area contributed by atoms with Crippen molar-refractivity contribution in [3.05, 3.63) is 66.2 Å². The molecule has 1 fully saturated rings. The van der Waals surface area contributed by atoms with Gasteiger partial charge in [-0.1, -0.05) is 48.5 Å². The maximum atomic E-state index is 12.1. The number of amides is 1. The van der Waals surface area contributed by atoms with Crippen molar-refractivity contribution in [1.82, 2.24) is 10.2 Å². The first-order valence-electron chi connectivity index (χ1n) is 8.64. The average Bonchev–Trinajstić information content (AvgIpc) is 2.64. The first kappa shape index (κ1) is 16.5. The number of rotatable bonds is 6.